The molecule has 0 aliphatic heterocycles. The van der Waals surface area contributed by atoms with Crippen LogP contribution in [0.4, 0.5) is 0 Å². The second kappa shape index (κ2) is 16.8. The molecule has 160 valence electrons. The zero-order chi connectivity index (χ0) is 20.5. The molecule has 26 heavy (non-hydrogen) atoms. The quantitative estimate of drug-likeness (QED) is 0.169. The Morgan fingerprint density at radius 2 is 0.962 bits per heavy atom. The summed E-state index contributed by atoms with van der Waals surface area (Å²) in [6.07, 6.45) is 0. The minimum absolute atomic E-state index is 0.0703. The maximum atomic E-state index is 5.42. The van der Waals surface area contributed by atoms with Crippen LogP contribution in [0, 0.1) is 0 Å². The number of hydrogen-bond acceptors (Lipinski definition) is 8. The van der Waals surface area contributed by atoms with Crippen molar-refractivity contribution in [3.8, 4) is 0 Å². The first-order valence-corrected chi connectivity index (χ1v) is 9.82. The fourth-order valence-electron chi connectivity index (χ4n) is 2.10. The molecule has 10 N–H and O–H groups in total. The molecule has 0 aromatic carbocycles. The van der Waals surface area contributed by atoms with Gasteiger partial charge >= 0.3 is 0 Å². The zero-order valence-electron chi connectivity index (χ0n) is 18.3. The van der Waals surface area contributed by atoms with Crippen molar-refractivity contribution in [1.29, 1.82) is 0 Å². The van der Waals surface area contributed by atoms with Crippen LogP contribution in [0.15, 0.2) is 0 Å². The maximum Gasteiger partial charge on any atom is 0.0323 e. The Morgan fingerprint density at radius 1 is 0.615 bits per heavy atom. The molecule has 0 spiro atoms. The summed E-state index contributed by atoms with van der Waals surface area (Å²) in [5.41, 5.74) is 16.1. The van der Waals surface area contributed by atoms with Gasteiger partial charge in [-0.3, -0.25) is 0 Å². The maximum absolute atomic E-state index is 5.42. The summed E-state index contributed by atoms with van der Waals surface area (Å²) in [6.45, 7) is 17.7. The van der Waals surface area contributed by atoms with E-state index >= 15 is 0 Å². The Balaban J connectivity index is 0. The standard InChI is InChI=1S/C12H30N4.C6H18N4/c1-11(2,12(3,4)16(5)6)15-10-9-14-8-7-13;7-1-3-9-5-6-10-4-2-8/h14-15H,7-10,13H2,1-6H3;9-10H,1-8H2. The van der Waals surface area contributed by atoms with E-state index in [1.165, 1.54) is 0 Å². The van der Waals surface area contributed by atoms with Crippen molar-refractivity contribution >= 4 is 0 Å². The van der Waals surface area contributed by atoms with Crippen molar-refractivity contribution in [2.45, 2.75) is 38.8 Å². The van der Waals surface area contributed by atoms with Crippen LogP contribution in [0.1, 0.15) is 27.7 Å². The summed E-state index contributed by atoms with van der Waals surface area (Å²) >= 11 is 0. The van der Waals surface area contributed by atoms with Gasteiger partial charge in [-0.2, -0.15) is 0 Å². The summed E-state index contributed by atoms with van der Waals surface area (Å²) in [4.78, 5) is 2.26. The first-order valence-electron chi connectivity index (χ1n) is 9.82. The number of rotatable bonds is 15. The van der Waals surface area contributed by atoms with Crippen molar-refractivity contribution in [3.05, 3.63) is 0 Å². The fraction of sp³-hybridized carbons (Fsp3) is 1.00. The third-order valence-corrected chi connectivity index (χ3v) is 4.96. The number of likely N-dealkylation sites (N-methyl/N-ethyl adjacent to an activating group) is 1. The van der Waals surface area contributed by atoms with E-state index in [9.17, 15) is 0 Å². The van der Waals surface area contributed by atoms with Crippen molar-refractivity contribution in [2.24, 2.45) is 17.2 Å². The van der Waals surface area contributed by atoms with Crippen LogP contribution in [0.3, 0.4) is 0 Å². The summed E-state index contributed by atoms with van der Waals surface area (Å²) < 4.78 is 0. The second-order valence-corrected chi connectivity index (χ2v) is 7.62. The number of nitrogens with zero attached hydrogens (tertiary/aromatic N) is 1. The van der Waals surface area contributed by atoms with Crippen LogP contribution in [0.25, 0.3) is 0 Å². The zero-order valence-corrected chi connectivity index (χ0v) is 18.3. The van der Waals surface area contributed by atoms with Gasteiger partial charge < -0.3 is 43.4 Å². The van der Waals surface area contributed by atoms with E-state index in [1.807, 2.05) is 0 Å². The average Bonchev–Trinajstić information content (AvgIpc) is 2.58. The number of nitrogens with two attached hydrogens (primary N) is 3. The summed E-state index contributed by atoms with van der Waals surface area (Å²) in [6, 6.07) is 0. The first kappa shape index (κ1) is 27.9. The predicted molar refractivity (Wildman–Crippen MR) is 116 cm³/mol. The van der Waals surface area contributed by atoms with Crippen LogP contribution in [-0.2, 0) is 0 Å². The van der Waals surface area contributed by atoms with Gasteiger partial charge in [-0.25, -0.2) is 0 Å². The van der Waals surface area contributed by atoms with E-state index in [1.54, 1.807) is 0 Å². The molecule has 0 aliphatic rings. The highest BCUT2D eigenvalue weighted by Gasteiger charge is 2.37. The van der Waals surface area contributed by atoms with Crippen molar-refractivity contribution in [2.75, 3.05) is 79.5 Å². The average molecular weight is 377 g/mol. The van der Waals surface area contributed by atoms with Gasteiger partial charge in [0, 0.05) is 76.5 Å². The highest BCUT2D eigenvalue weighted by molar-refractivity contribution is 4.99. The molecule has 0 atom stereocenters. The lowest BCUT2D eigenvalue weighted by Crippen LogP contribution is -2.63. The summed E-state index contributed by atoms with van der Waals surface area (Å²) in [5.74, 6) is 0. The molecule has 8 heteroatoms. The molecule has 0 radical (unpaired) electrons. The lowest BCUT2D eigenvalue weighted by molar-refractivity contribution is 0.0847. The normalized spacial score (nSPS) is 12.2. The Kier molecular flexibility index (Phi) is 18.1. The van der Waals surface area contributed by atoms with E-state index in [0.29, 0.717) is 19.6 Å². The summed E-state index contributed by atoms with van der Waals surface area (Å²) in [5, 5.41) is 13.2. The smallest absolute Gasteiger partial charge is 0.0323 e. The van der Waals surface area contributed by atoms with Crippen molar-refractivity contribution < 1.29 is 0 Å². The molecule has 0 aromatic heterocycles. The highest BCUT2D eigenvalue weighted by atomic mass is 15.2. The number of hydrogen-bond donors (Lipinski definition) is 7. The predicted octanol–water partition coefficient (Wildman–Crippen LogP) is -1.67. The molecule has 0 bridgehead atoms. The largest absolute Gasteiger partial charge is 0.329 e. The second-order valence-electron chi connectivity index (χ2n) is 7.62. The van der Waals surface area contributed by atoms with Gasteiger partial charge in [0.25, 0.3) is 0 Å². The topological polar surface area (TPSA) is 129 Å². The van der Waals surface area contributed by atoms with Crippen LogP contribution in [0.5, 0.6) is 0 Å². The molecule has 0 saturated heterocycles. The lowest BCUT2D eigenvalue weighted by Gasteiger charge is -2.47. The molecule has 0 amide bonds. The minimum Gasteiger partial charge on any atom is -0.329 e. The third kappa shape index (κ3) is 13.8. The fourth-order valence-corrected chi connectivity index (χ4v) is 2.10. The van der Waals surface area contributed by atoms with E-state index in [4.69, 9.17) is 17.2 Å². The van der Waals surface area contributed by atoms with E-state index < -0.39 is 0 Å². The SMILES string of the molecule is CN(C)C(C)(C)C(C)(C)NCCNCCN.NCCNCCNCCN. The van der Waals surface area contributed by atoms with Crippen LogP contribution in [0.2, 0.25) is 0 Å². The number of nitrogens with one attached hydrogen (secondary N) is 4. The van der Waals surface area contributed by atoms with Crippen LogP contribution < -0.4 is 38.5 Å². The molecular formula is C18H48N8. The molecule has 0 aromatic rings. The van der Waals surface area contributed by atoms with Gasteiger partial charge in [0.1, 0.15) is 0 Å². The van der Waals surface area contributed by atoms with E-state index in [0.717, 1.165) is 45.8 Å². The van der Waals surface area contributed by atoms with Gasteiger partial charge in [0.15, 0.2) is 0 Å². The molecule has 0 heterocycles. The van der Waals surface area contributed by atoms with Crippen molar-refractivity contribution in [1.82, 2.24) is 26.2 Å². The minimum atomic E-state index is 0.0703. The third-order valence-electron chi connectivity index (χ3n) is 4.96. The van der Waals surface area contributed by atoms with E-state index in [-0.39, 0.29) is 11.1 Å². The van der Waals surface area contributed by atoms with Gasteiger partial charge in [-0.15, -0.1) is 0 Å². The Morgan fingerprint density at radius 3 is 1.27 bits per heavy atom. The molecular weight excluding hydrogens is 328 g/mol. The molecule has 0 aliphatic carbocycles. The lowest BCUT2D eigenvalue weighted by atomic mass is 9.81. The van der Waals surface area contributed by atoms with Gasteiger partial charge in [0.2, 0.25) is 0 Å². The van der Waals surface area contributed by atoms with Crippen molar-refractivity contribution in [3.63, 3.8) is 0 Å². The molecule has 0 unspecified atom stereocenters. The van der Waals surface area contributed by atoms with Gasteiger partial charge in [-0.1, -0.05) is 0 Å². The monoisotopic (exact) mass is 376 g/mol. The van der Waals surface area contributed by atoms with Crippen LogP contribution >= 0.6 is 0 Å². The summed E-state index contributed by atoms with van der Waals surface area (Å²) in [7, 11) is 4.24. The molecule has 0 saturated carbocycles. The molecule has 0 rings (SSSR count). The van der Waals surface area contributed by atoms with Gasteiger partial charge in [0.05, 0.1) is 0 Å². The van der Waals surface area contributed by atoms with E-state index in [2.05, 4.69) is 68.0 Å². The first-order chi connectivity index (χ1) is 12.2. The van der Waals surface area contributed by atoms with Crippen LogP contribution in [-0.4, -0.2) is 95.5 Å². The Bertz CT molecular complexity index is 287. The van der Waals surface area contributed by atoms with Gasteiger partial charge in [-0.05, 0) is 41.8 Å². The highest BCUT2D eigenvalue weighted by Crippen LogP contribution is 2.25. The molecule has 0 fully saturated rings. The Hall–Kier alpha value is -0.320. The molecule has 8 nitrogen and oxygen atoms in total. The Labute approximate surface area is 162 Å².